The van der Waals surface area contributed by atoms with Crippen molar-refractivity contribution in [2.45, 2.75) is 39.3 Å². The predicted octanol–water partition coefficient (Wildman–Crippen LogP) is 4.61. The molecule has 1 saturated heterocycles. The van der Waals surface area contributed by atoms with Crippen molar-refractivity contribution in [2.24, 2.45) is 0 Å². The molecule has 0 amide bonds. The number of piperidine rings is 1. The Bertz CT molecular complexity index is 798. The van der Waals surface area contributed by atoms with E-state index in [0.29, 0.717) is 6.04 Å². The van der Waals surface area contributed by atoms with Crippen molar-refractivity contribution in [2.75, 3.05) is 32.6 Å². The average molecular weight is 398 g/mol. The van der Waals surface area contributed by atoms with E-state index in [9.17, 15) is 0 Å². The molecular formula is C23H31N3OS. The van der Waals surface area contributed by atoms with E-state index in [-0.39, 0.29) is 0 Å². The van der Waals surface area contributed by atoms with E-state index in [1.807, 2.05) is 12.1 Å². The number of likely N-dealkylation sites (tertiary alicyclic amines) is 1. The third-order valence-corrected chi connectivity index (χ3v) is 6.08. The van der Waals surface area contributed by atoms with Crippen LogP contribution in [0.3, 0.4) is 0 Å². The summed E-state index contributed by atoms with van der Waals surface area (Å²) in [5, 5.41) is 4.33. The van der Waals surface area contributed by atoms with Gasteiger partial charge in [-0.15, -0.1) is 0 Å². The molecule has 0 aliphatic carbocycles. The number of thiocarbonyl (C=S) groups is 1. The minimum atomic E-state index is 0.448. The van der Waals surface area contributed by atoms with Gasteiger partial charge in [-0.1, -0.05) is 24.3 Å². The smallest absolute Gasteiger partial charge is 0.173 e. The lowest BCUT2D eigenvalue weighted by Gasteiger charge is -2.39. The van der Waals surface area contributed by atoms with Crippen LogP contribution in [0, 0.1) is 13.8 Å². The summed E-state index contributed by atoms with van der Waals surface area (Å²) in [6.45, 7) is 7.29. The van der Waals surface area contributed by atoms with Crippen LogP contribution in [0.4, 0.5) is 5.69 Å². The second-order valence-corrected chi connectivity index (χ2v) is 8.07. The maximum Gasteiger partial charge on any atom is 0.173 e. The molecule has 2 aromatic rings. The molecule has 4 nitrogen and oxygen atoms in total. The topological polar surface area (TPSA) is 27.7 Å². The van der Waals surface area contributed by atoms with Crippen LogP contribution in [-0.2, 0) is 6.54 Å². The Morgan fingerprint density at radius 2 is 1.82 bits per heavy atom. The zero-order valence-corrected chi connectivity index (χ0v) is 18.2. The molecule has 1 aliphatic rings. The molecule has 0 saturated carbocycles. The number of methoxy groups -OCH3 is 1. The van der Waals surface area contributed by atoms with Crippen molar-refractivity contribution in [1.29, 1.82) is 0 Å². The molecule has 3 rings (SSSR count). The van der Waals surface area contributed by atoms with Gasteiger partial charge in [0.2, 0.25) is 0 Å². The number of hydrogen-bond donors (Lipinski definition) is 1. The van der Waals surface area contributed by atoms with E-state index < -0.39 is 0 Å². The summed E-state index contributed by atoms with van der Waals surface area (Å²) in [7, 11) is 3.89. The van der Waals surface area contributed by atoms with Crippen molar-refractivity contribution >= 4 is 23.0 Å². The first kappa shape index (κ1) is 20.6. The van der Waals surface area contributed by atoms with Crippen molar-refractivity contribution < 1.29 is 4.74 Å². The van der Waals surface area contributed by atoms with Crippen LogP contribution in [0.2, 0.25) is 0 Å². The maximum atomic E-state index is 5.89. The third kappa shape index (κ3) is 5.03. The summed E-state index contributed by atoms with van der Waals surface area (Å²) in [6.07, 6.45) is 2.25. The number of anilines is 1. The zero-order chi connectivity index (χ0) is 20.1. The highest BCUT2D eigenvalue weighted by molar-refractivity contribution is 7.80. The van der Waals surface area contributed by atoms with E-state index >= 15 is 0 Å². The zero-order valence-electron chi connectivity index (χ0n) is 17.4. The monoisotopic (exact) mass is 397 g/mol. The summed E-state index contributed by atoms with van der Waals surface area (Å²) in [5.74, 6) is 0.880. The molecule has 28 heavy (non-hydrogen) atoms. The van der Waals surface area contributed by atoms with Gasteiger partial charge in [-0.25, -0.2) is 0 Å². The highest BCUT2D eigenvalue weighted by Gasteiger charge is 2.25. The molecule has 1 aliphatic heterocycles. The molecule has 0 aromatic heterocycles. The van der Waals surface area contributed by atoms with Gasteiger partial charge in [0.05, 0.1) is 7.11 Å². The van der Waals surface area contributed by atoms with Crippen LogP contribution in [-0.4, -0.2) is 48.2 Å². The predicted molar refractivity (Wildman–Crippen MR) is 121 cm³/mol. The van der Waals surface area contributed by atoms with Crippen LogP contribution < -0.4 is 10.1 Å². The molecule has 1 N–H and O–H groups in total. The minimum absolute atomic E-state index is 0.448. The van der Waals surface area contributed by atoms with E-state index in [0.717, 1.165) is 49.0 Å². The standard InChI is InChI=1S/C23H31N3OS/c1-17-6-5-7-22(18(17)2)24-23(28)26(20-12-14-25(3)15-13-20)16-19-8-10-21(27-4)11-9-19/h5-11,20H,12-16H2,1-4H3,(H,24,28). The molecule has 5 heteroatoms. The van der Waals surface area contributed by atoms with Gasteiger partial charge in [0.25, 0.3) is 0 Å². The van der Waals surface area contributed by atoms with E-state index in [1.54, 1.807) is 7.11 Å². The summed E-state index contributed by atoms with van der Waals surface area (Å²) < 4.78 is 5.30. The molecule has 0 unspecified atom stereocenters. The van der Waals surface area contributed by atoms with Crippen molar-refractivity contribution in [1.82, 2.24) is 9.80 Å². The lowest BCUT2D eigenvalue weighted by atomic mass is 10.0. The van der Waals surface area contributed by atoms with Gasteiger partial charge >= 0.3 is 0 Å². The van der Waals surface area contributed by atoms with Gasteiger partial charge < -0.3 is 19.9 Å². The van der Waals surface area contributed by atoms with E-state index in [4.69, 9.17) is 17.0 Å². The number of aryl methyl sites for hydroxylation is 1. The first-order valence-corrected chi connectivity index (χ1v) is 10.3. The van der Waals surface area contributed by atoms with Crippen LogP contribution in [0.5, 0.6) is 5.75 Å². The fraction of sp³-hybridized carbons (Fsp3) is 0.435. The second-order valence-electron chi connectivity index (χ2n) is 7.69. The quantitative estimate of drug-likeness (QED) is 0.744. The Balaban J connectivity index is 1.79. The summed E-state index contributed by atoms with van der Waals surface area (Å²) >= 11 is 5.89. The van der Waals surface area contributed by atoms with Gasteiger partial charge in [-0.3, -0.25) is 0 Å². The Hall–Kier alpha value is -2.11. The van der Waals surface area contributed by atoms with Crippen LogP contribution >= 0.6 is 12.2 Å². The first-order chi connectivity index (χ1) is 13.5. The number of nitrogens with one attached hydrogen (secondary N) is 1. The van der Waals surface area contributed by atoms with Gasteiger partial charge in [-0.05, 0) is 93.9 Å². The molecule has 150 valence electrons. The Kier molecular flexibility index (Phi) is 6.92. The van der Waals surface area contributed by atoms with Crippen LogP contribution in [0.25, 0.3) is 0 Å². The fourth-order valence-electron chi connectivity index (χ4n) is 3.67. The molecule has 0 atom stereocenters. The molecular weight excluding hydrogens is 366 g/mol. The molecule has 2 aromatic carbocycles. The summed E-state index contributed by atoms with van der Waals surface area (Å²) in [6, 6.07) is 15.1. The second kappa shape index (κ2) is 9.39. The number of hydrogen-bond acceptors (Lipinski definition) is 3. The summed E-state index contributed by atoms with van der Waals surface area (Å²) in [5.41, 5.74) is 4.86. The SMILES string of the molecule is COc1ccc(CN(C(=S)Nc2cccc(C)c2C)C2CCN(C)CC2)cc1. The van der Waals surface area contributed by atoms with Gasteiger partial charge in [0.1, 0.15) is 5.75 Å². The maximum absolute atomic E-state index is 5.89. The van der Waals surface area contributed by atoms with Crippen LogP contribution in [0.15, 0.2) is 42.5 Å². The number of rotatable bonds is 5. The van der Waals surface area contributed by atoms with Crippen LogP contribution in [0.1, 0.15) is 29.5 Å². The van der Waals surface area contributed by atoms with Crippen molar-refractivity contribution in [3.05, 3.63) is 59.2 Å². The molecule has 1 heterocycles. The number of benzene rings is 2. The molecule has 0 bridgehead atoms. The van der Waals surface area contributed by atoms with Gasteiger partial charge in [0.15, 0.2) is 5.11 Å². The van der Waals surface area contributed by atoms with Gasteiger partial charge in [0, 0.05) is 18.3 Å². The molecule has 1 fully saturated rings. The largest absolute Gasteiger partial charge is 0.497 e. The number of ether oxygens (including phenoxy) is 1. The normalized spacial score (nSPS) is 15.3. The van der Waals surface area contributed by atoms with Gasteiger partial charge in [-0.2, -0.15) is 0 Å². The van der Waals surface area contributed by atoms with Crippen molar-refractivity contribution in [3.63, 3.8) is 0 Å². The average Bonchev–Trinajstić information content (AvgIpc) is 2.71. The highest BCUT2D eigenvalue weighted by atomic mass is 32.1. The lowest BCUT2D eigenvalue weighted by molar-refractivity contribution is 0.173. The van der Waals surface area contributed by atoms with E-state index in [1.165, 1.54) is 16.7 Å². The Morgan fingerprint density at radius 3 is 2.46 bits per heavy atom. The first-order valence-electron chi connectivity index (χ1n) is 9.93. The third-order valence-electron chi connectivity index (χ3n) is 5.75. The highest BCUT2D eigenvalue weighted by Crippen LogP contribution is 2.23. The van der Waals surface area contributed by atoms with Crippen molar-refractivity contribution in [3.8, 4) is 5.75 Å². The minimum Gasteiger partial charge on any atom is -0.497 e. The fourth-order valence-corrected chi connectivity index (χ4v) is 4.00. The number of nitrogens with zero attached hydrogens (tertiary/aromatic N) is 2. The van der Waals surface area contributed by atoms with E-state index in [2.05, 4.69) is 66.3 Å². The Morgan fingerprint density at radius 1 is 1.14 bits per heavy atom. The lowest BCUT2D eigenvalue weighted by Crippen LogP contribution is -2.47. The summed E-state index contributed by atoms with van der Waals surface area (Å²) in [4.78, 5) is 4.76. The molecule has 0 spiro atoms. The Labute approximate surface area is 174 Å². The molecule has 0 radical (unpaired) electrons.